The van der Waals surface area contributed by atoms with Gasteiger partial charge in [0, 0.05) is 15.6 Å². The zero-order chi connectivity index (χ0) is 22.0. The number of rotatable bonds is 5. The molecule has 0 unspecified atom stereocenters. The van der Waals surface area contributed by atoms with Crippen LogP contribution in [0.5, 0.6) is 5.75 Å². The number of fused-ring (bicyclic) bond motifs is 1. The lowest BCUT2D eigenvalue weighted by atomic mass is 10.1. The fraction of sp³-hybridized carbons (Fsp3) is 0.0435. The van der Waals surface area contributed by atoms with Gasteiger partial charge < -0.3 is 14.5 Å². The number of hydrogen-bond acceptors (Lipinski definition) is 4. The van der Waals surface area contributed by atoms with Gasteiger partial charge in [-0.2, -0.15) is 0 Å². The van der Waals surface area contributed by atoms with Crippen molar-refractivity contribution in [3.63, 3.8) is 0 Å². The van der Waals surface area contributed by atoms with Crippen LogP contribution in [0.1, 0.15) is 0 Å². The molecule has 0 aliphatic heterocycles. The zero-order valence-electron chi connectivity index (χ0n) is 15.8. The molecular formula is C23H14Cl2FNO4. The maximum atomic E-state index is 13.8. The number of hydrogen-bond donors (Lipinski definition) is 1. The maximum absolute atomic E-state index is 13.8. The van der Waals surface area contributed by atoms with E-state index in [2.05, 4.69) is 5.32 Å². The first-order chi connectivity index (χ1) is 14.9. The van der Waals surface area contributed by atoms with Crippen molar-refractivity contribution < 1.29 is 18.3 Å². The van der Waals surface area contributed by atoms with Crippen LogP contribution in [0.3, 0.4) is 0 Å². The number of carbonyl (C=O) groups excluding carboxylic acids is 1. The first kappa shape index (κ1) is 20.9. The smallest absolute Gasteiger partial charge is 0.262 e. The quantitative estimate of drug-likeness (QED) is 0.403. The molecule has 0 saturated carbocycles. The van der Waals surface area contributed by atoms with Gasteiger partial charge in [0.15, 0.2) is 12.4 Å². The molecule has 1 aromatic heterocycles. The third kappa shape index (κ3) is 4.55. The molecule has 0 spiro atoms. The zero-order valence-corrected chi connectivity index (χ0v) is 17.3. The molecule has 4 aromatic rings. The van der Waals surface area contributed by atoms with Gasteiger partial charge in [0.2, 0.25) is 11.2 Å². The van der Waals surface area contributed by atoms with E-state index in [1.807, 2.05) is 0 Å². The number of halogens is 3. The second-order valence-corrected chi connectivity index (χ2v) is 7.43. The predicted molar refractivity (Wildman–Crippen MR) is 118 cm³/mol. The number of nitrogens with one attached hydrogen (secondary N) is 1. The van der Waals surface area contributed by atoms with Gasteiger partial charge in [0.25, 0.3) is 5.91 Å². The van der Waals surface area contributed by atoms with Crippen molar-refractivity contribution in [2.45, 2.75) is 0 Å². The average Bonchev–Trinajstić information content (AvgIpc) is 2.75. The fourth-order valence-corrected chi connectivity index (χ4v) is 3.26. The number of ether oxygens (including phenoxy) is 1. The van der Waals surface area contributed by atoms with Crippen molar-refractivity contribution in [2.24, 2.45) is 0 Å². The average molecular weight is 458 g/mol. The van der Waals surface area contributed by atoms with Crippen LogP contribution in [0.2, 0.25) is 10.0 Å². The summed E-state index contributed by atoms with van der Waals surface area (Å²) in [6, 6.07) is 17.0. The Balaban J connectivity index is 1.71. The predicted octanol–water partition coefficient (Wildman–Crippen LogP) is 5.92. The first-order valence-electron chi connectivity index (χ1n) is 9.12. The molecule has 0 fully saturated rings. The van der Waals surface area contributed by atoms with E-state index >= 15 is 0 Å². The minimum absolute atomic E-state index is 0.00588. The van der Waals surface area contributed by atoms with Gasteiger partial charge >= 0.3 is 0 Å². The number of anilines is 1. The fourth-order valence-electron chi connectivity index (χ4n) is 2.96. The number of para-hydroxylation sites is 1. The molecule has 0 atom stereocenters. The number of amides is 1. The van der Waals surface area contributed by atoms with Gasteiger partial charge in [0.05, 0.1) is 11.1 Å². The molecule has 0 saturated heterocycles. The Morgan fingerprint density at radius 3 is 2.45 bits per heavy atom. The summed E-state index contributed by atoms with van der Waals surface area (Å²) >= 11 is 12.0. The van der Waals surface area contributed by atoms with Gasteiger partial charge in [-0.3, -0.25) is 9.59 Å². The lowest BCUT2D eigenvalue weighted by Gasteiger charge is -2.12. The van der Waals surface area contributed by atoms with Crippen LogP contribution in [-0.2, 0) is 4.79 Å². The number of carbonyl (C=O) groups is 1. The van der Waals surface area contributed by atoms with E-state index in [-0.39, 0.29) is 22.6 Å². The van der Waals surface area contributed by atoms with Crippen molar-refractivity contribution in [1.82, 2.24) is 0 Å². The Kier molecular flexibility index (Phi) is 5.93. The highest BCUT2D eigenvalue weighted by Gasteiger charge is 2.19. The molecular weight excluding hydrogens is 444 g/mol. The van der Waals surface area contributed by atoms with Crippen molar-refractivity contribution in [1.29, 1.82) is 0 Å². The maximum Gasteiger partial charge on any atom is 0.262 e. The second kappa shape index (κ2) is 8.79. The van der Waals surface area contributed by atoms with Crippen LogP contribution in [0.15, 0.2) is 75.9 Å². The second-order valence-electron chi connectivity index (χ2n) is 6.55. The van der Waals surface area contributed by atoms with E-state index < -0.39 is 23.8 Å². The summed E-state index contributed by atoms with van der Waals surface area (Å²) in [5.41, 5.74) is 0.351. The Morgan fingerprint density at radius 2 is 1.71 bits per heavy atom. The van der Waals surface area contributed by atoms with Crippen molar-refractivity contribution >= 4 is 45.8 Å². The summed E-state index contributed by atoms with van der Waals surface area (Å²) in [6.07, 6.45) is 0. The molecule has 0 bridgehead atoms. The summed E-state index contributed by atoms with van der Waals surface area (Å²) < 4.78 is 25.2. The van der Waals surface area contributed by atoms with Gasteiger partial charge in [0.1, 0.15) is 11.4 Å². The molecule has 4 rings (SSSR count). The van der Waals surface area contributed by atoms with Crippen LogP contribution in [0, 0.1) is 5.82 Å². The van der Waals surface area contributed by atoms with E-state index in [1.54, 1.807) is 42.5 Å². The summed E-state index contributed by atoms with van der Waals surface area (Å²) in [5.74, 6) is -1.26. The summed E-state index contributed by atoms with van der Waals surface area (Å²) in [5, 5.41) is 3.46. The highest BCUT2D eigenvalue weighted by Crippen LogP contribution is 2.32. The molecule has 3 aromatic carbocycles. The molecule has 0 aliphatic carbocycles. The molecule has 1 N–H and O–H groups in total. The van der Waals surface area contributed by atoms with Gasteiger partial charge in [-0.25, -0.2) is 4.39 Å². The standard InChI is InChI=1S/C23H14Cl2FNO4/c24-14-7-5-13(6-8-14)22-23(21(29)16-11-15(25)9-10-19(16)31-22)30-12-20(28)27-18-4-2-1-3-17(18)26/h1-11H,12H2,(H,27,28). The highest BCUT2D eigenvalue weighted by molar-refractivity contribution is 6.31. The third-order valence-corrected chi connectivity index (χ3v) is 4.90. The Labute approximate surface area is 186 Å². The number of benzene rings is 3. The summed E-state index contributed by atoms with van der Waals surface area (Å²) in [7, 11) is 0. The Morgan fingerprint density at radius 1 is 1.00 bits per heavy atom. The summed E-state index contributed by atoms with van der Waals surface area (Å²) in [4.78, 5) is 25.4. The molecule has 0 aliphatic rings. The molecule has 31 heavy (non-hydrogen) atoms. The minimum Gasteiger partial charge on any atom is -0.476 e. The van der Waals surface area contributed by atoms with Crippen LogP contribution in [0.25, 0.3) is 22.3 Å². The van der Waals surface area contributed by atoms with Gasteiger partial charge in [-0.1, -0.05) is 35.3 Å². The molecule has 156 valence electrons. The topological polar surface area (TPSA) is 68.5 Å². The highest BCUT2D eigenvalue weighted by atomic mass is 35.5. The van der Waals surface area contributed by atoms with Crippen LogP contribution in [0.4, 0.5) is 10.1 Å². The molecule has 1 heterocycles. The van der Waals surface area contributed by atoms with Crippen LogP contribution < -0.4 is 15.5 Å². The van der Waals surface area contributed by atoms with Gasteiger partial charge in [-0.05, 0) is 54.6 Å². The molecule has 0 radical (unpaired) electrons. The van der Waals surface area contributed by atoms with Crippen molar-refractivity contribution in [3.05, 3.63) is 92.8 Å². The van der Waals surface area contributed by atoms with Crippen molar-refractivity contribution in [2.75, 3.05) is 11.9 Å². The molecule has 5 nitrogen and oxygen atoms in total. The molecule has 1 amide bonds. The lowest BCUT2D eigenvalue weighted by molar-refractivity contribution is -0.118. The van der Waals surface area contributed by atoms with Crippen molar-refractivity contribution in [3.8, 4) is 17.1 Å². The van der Waals surface area contributed by atoms with Crippen LogP contribution >= 0.6 is 23.2 Å². The normalized spacial score (nSPS) is 10.8. The van der Waals surface area contributed by atoms with E-state index in [4.69, 9.17) is 32.4 Å². The minimum atomic E-state index is -0.641. The Bertz CT molecular complexity index is 1340. The van der Waals surface area contributed by atoms with E-state index in [0.29, 0.717) is 21.2 Å². The monoisotopic (exact) mass is 457 g/mol. The largest absolute Gasteiger partial charge is 0.476 e. The van der Waals surface area contributed by atoms with E-state index in [9.17, 15) is 14.0 Å². The molecule has 8 heteroatoms. The van der Waals surface area contributed by atoms with E-state index in [0.717, 1.165) is 0 Å². The Hall–Kier alpha value is -3.35. The third-order valence-electron chi connectivity index (χ3n) is 4.41. The van der Waals surface area contributed by atoms with E-state index in [1.165, 1.54) is 24.3 Å². The van der Waals surface area contributed by atoms with Gasteiger partial charge in [-0.15, -0.1) is 0 Å². The van der Waals surface area contributed by atoms with Crippen LogP contribution in [-0.4, -0.2) is 12.5 Å². The lowest BCUT2D eigenvalue weighted by Crippen LogP contribution is -2.23. The summed E-state index contributed by atoms with van der Waals surface area (Å²) in [6.45, 7) is -0.536. The SMILES string of the molecule is O=C(COc1c(-c2ccc(Cl)cc2)oc2ccc(Cl)cc2c1=O)Nc1ccccc1F. The first-order valence-corrected chi connectivity index (χ1v) is 9.87.